The Labute approximate surface area is 141 Å². The first-order chi connectivity index (χ1) is 11.9. The summed E-state index contributed by atoms with van der Waals surface area (Å²) in [6.45, 7) is 3.40. The molecule has 0 radical (unpaired) electrons. The summed E-state index contributed by atoms with van der Waals surface area (Å²) in [5, 5.41) is 0. The van der Waals surface area contributed by atoms with Gasteiger partial charge in [0.25, 0.3) is 5.56 Å². The number of carbonyl (C=O) groups excluding carboxylic acids is 1. The fourth-order valence-electron chi connectivity index (χ4n) is 3.06. The second-order valence-electron chi connectivity index (χ2n) is 5.98. The smallest absolute Gasteiger partial charge is 0.295 e. The normalized spacial score (nSPS) is 11.5. The van der Waals surface area contributed by atoms with Gasteiger partial charge in [0.05, 0.1) is 0 Å². The largest absolute Gasteiger partial charge is 0.329 e. The quantitative estimate of drug-likeness (QED) is 0.556. The minimum Gasteiger partial charge on any atom is -0.295 e. The lowest BCUT2D eigenvalue weighted by molar-refractivity contribution is 0.101. The Hall–Kier alpha value is -3.42. The first-order valence-corrected chi connectivity index (χ1v) is 7.69. The zero-order valence-electron chi connectivity index (χ0n) is 13.9. The van der Waals surface area contributed by atoms with E-state index in [4.69, 9.17) is 0 Å². The number of aryl methyl sites for hydroxylation is 2. The van der Waals surface area contributed by atoms with Crippen molar-refractivity contribution >= 4 is 22.7 Å². The molecule has 3 aromatic heterocycles. The molecule has 0 aliphatic heterocycles. The van der Waals surface area contributed by atoms with Gasteiger partial charge in [0.15, 0.2) is 16.9 Å². The summed E-state index contributed by atoms with van der Waals surface area (Å²) in [6.07, 6.45) is 1.78. The van der Waals surface area contributed by atoms with Gasteiger partial charge >= 0.3 is 5.69 Å². The molecule has 0 bridgehead atoms. The molecule has 0 saturated heterocycles. The number of ketones is 1. The average molecular weight is 337 g/mol. The Morgan fingerprint density at radius 2 is 2.00 bits per heavy atom. The predicted octanol–water partition coefficient (Wildman–Crippen LogP) is 1.18. The molecular formula is C17H15N5O3. The van der Waals surface area contributed by atoms with Crippen LogP contribution >= 0.6 is 0 Å². The molecule has 0 aliphatic rings. The molecule has 126 valence electrons. The second kappa shape index (κ2) is 5.04. The van der Waals surface area contributed by atoms with Crippen LogP contribution in [0.15, 0.2) is 40.1 Å². The Bertz CT molecular complexity index is 1290. The number of H-pyrrole nitrogens is 1. The van der Waals surface area contributed by atoms with E-state index in [0.717, 1.165) is 11.4 Å². The molecule has 0 atom stereocenters. The summed E-state index contributed by atoms with van der Waals surface area (Å²) < 4.78 is 4.80. The Morgan fingerprint density at radius 3 is 2.72 bits per heavy atom. The number of hydrogen-bond acceptors (Lipinski definition) is 4. The van der Waals surface area contributed by atoms with E-state index in [1.54, 1.807) is 35.8 Å². The number of nitrogens with zero attached hydrogens (tertiary/aromatic N) is 4. The van der Waals surface area contributed by atoms with Gasteiger partial charge in [0, 0.05) is 30.2 Å². The molecule has 4 rings (SSSR count). The third-order valence-electron chi connectivity index (χ3n) is 4.31. The van der Waals surface area contributed by atoms with Gasteiger partial charge in [-0.25, -0.2) is 4.79 Å². The number of imidazole rings is 2. The number of aromatic nitrogens is 5. The number of Topliss-reactive ketones (excluding diaryl/α,β-unsaturated/α-hetero) is 1. The van der Waals surface area contributed by atoms with E-state index in [0.29, 0.717) is 22.5 Å². The van der Waals surface area contributed by atoms with E-state index in [9.17, 15) is 14.4 Å². The van der Waals surface area contributed by atoms with E-state index in [-0.39, 0.29) is 5.78 Å². The molecule has 4 aromatic rings. The number of aromatic amines is 1. The van der Waals surface area contributed by atoms with Crippen molar-refractivity contribution in [1.29, 1.82) is 0 Å². The average Bonchev–Trinajstić information content (AvgIpc) is 3.07. The Morgan fingerprint density at radius 1 is 1.24 bits per heavy atom. The van der Waals surface area contributed by atoms with Crippen molar-refractivity contribution in [2.75, 3.05) is 0 Å². The van der Waals surface area contributed by atoms with Gasteiger partial charge in [-0.05, 0) is 26.0 Å². The Kier molecular flexibility index (Phi) is 3.05. The highest BCUT2D eigenvalue weighted by molar-refractivity contribution is 5.94. The lowest BCUT2D eigenvalue weighted by atomic mass is 10.1. The number of hydrogen-bond donors (Lipinski definition) is 1. The standard InChI is InChI=1S/C17H15N5O3/c1-9-8-21-13-14(20(3)17(25)19-15(13)24)18-16(21)22(9)12-6-4-5-11(7-12)10(2)23/h4-8H,1-3H3,(H,19,24,25). The third kappa shape index (κ3) is 2.07. The molecule has 0 spiro atoms. The SMILES string of the molecule is CC(=O)c1cccc(-n2c(C)cn3c4c(=O)[nH]c(=O)n(C)c4nc23)c1. The van der Waals surface area contributed by atoms with Crippen LogP contribution in [0.25, 0.3) is 22.6 Å². The van der Waals surface area contributed by atoms with Gasteiger partial charge in [0.2, 0.25) is 5.78 Å². The maximum atomic E-state index is 12.2. The fraction of sp³-hybridized carbons (Fsp3) is 0.176. The molecule has 0 aliphatic carbocycles. The lowest BCUT2D eigenvalue weighted by Gasteiger charge is -2.07. The highest BCUT2D eigenvalue weighted by atomic mass is 16.2. The van der Waals surface area contributed by atoms with Gasteiger partial charge < -0.3 is 0 Å². The molecule has 1 N–H and O–H groups in total. The van der Waals surface area contributed by atoms with E-state index < -0.39 is 11.2 Å². The number of benzene rings is 1. The van der Waals surface area contributed by atoms with Crippen molar-refractivity contribution in [2.24, 2.45) is 7.05 Å². The monoisotopic (exact) mass is 337 g/mol. The highest BCUT2D eigenvalue weighted by Gasteiger charge is 2.18. The highest BCUT2D eigenvalue weighted by Crippen LogP contribution is 2.21. The second-order valence-corrected chi connectivity index (χ2v) is 5.98. The molecule has 0 fully saturated rings. The van der Waals surface area contributed by atoms with Crippen LogP contribution < -0.4 is 11.2 Å². The van der Waals surface area contributed by atoms with Gasteiger partial charge in [-0.1, -0.05) is 12.1 Å². The van der Waals surface area contributed by atoms with Crippen LogP contribution in [0.5, 0.6) is 0 Å². The lowest BCUT2D eigenvalue weighted by Crippen LogP contribution is -2.28. The summed E-state index contributed by atoms with van der Waals surface area (Å²) in [6, 6.07) is 7.19. The van der Waals surface area contributed by atoms with E-state index in [1.165, 1.54) is 11.5 Å². The van der Waals surface area contributed by atoms with E-state index in [2.05, 4.69) is 9.97 Å². The molecular weight excluding hydrogens is 322 g/mol. The van der Waals surface area contributed by atoms with Crippen molar-refractivity contribution in [3.8, 4) is 5.69 Å². The van der Waals surface area contributed by atoms with Crippen LogP contribution in [0.4, 0.5) is 0 Å². The van der Waals surface area contributed by atoms with Crippen molar-refractivity contribution in [3.05, 3.63) is 62.6 Å². The van der Waals surface area contributed by atoms with Crippen LogP contribution in [-0.4, -0.2) is 29.3 Å². The van der Waals surface area contributed by atoms with Crippen molar-refractivity contribution < 1.29 is 4.79 Å². The van der Waals surface area contributed by atoms with Crippen LogP contribution in [-0.2, 0) is 7.05 Å². The summed E-state index contributed by atoms with van der Waals surface area (Å²) >= 11 is 0. The van der Waals surface area contributed by atoms with Gasteiger partial charge in [-0.3, -0.25) is 28.1 Å². The van der Waals surface area contributed by atoms with Crippen LogP contribution in [0.2, 0.25) is 0 Å². The van der Waals surface area contributed by atoms with E-state index >= 15 is 0 Å². The molecule has 0 saturated carbocycles. The van der Waals surface area contributed by atoms with Crippen LogP contribution in [0.1, 0.15) is 23.0 Å². The first kappa shape index (κ1) is 15.1. The molecule has 8 nitrogen and oxygen atoms in total. The number of fused-ring (bicyclic) bond motifs is 3. The summed E-state index contributed by atoms with van der Waals surface area (Å²) in [4.78, 5) is 42.5. The van der Waals surface area contributed by atoms with Gasteiger partial charge in [-0.2, -0.15) is 4.98 Å². The molecule has 8 heteroatoms. The van der Waals surface area contributed by atoms with Crippen molar-refractivity contribution in [2.45, 2.75) is 13.8 Å². The summed E-state index contributed by atoms with van der Waals surface area (Å²) in [5.74, 6) is 0.468. The first-order valence-electron chi connectivity index (χ1n) is 7.69. The minimum absolute atomic E-state index is 0.0324. The zero-order chi connectivity index (χ0) is 17.9. The summed E-state index contributed by atoms with van der Waals surface area (Å²) in [5.41, 5.74) is 1.81. The van der Waals surface area contributed by atoms with E-state index in [1.807, 2.05) is 17.6 Å². The molecule has 1 aromatic carbocycles. The van der Waals surface area contributed by atoms with Crippen molar-refractivity contribution in [3.63, 3.8) is 0 Å². The summed E-state index contributed by atoms with van der Waals surface area (Å²) in [7, 11) is 1.56. The van der Waals surface area contributed by atoms with Crippen molar-refractivity contribution in [1.82, 2.24) is 23.5 Å². The minimum atomic E-state index is -0.514. The molecule has 0 unspecified atom stereocenters. The van der Waals surface area contributed by atoms with Crippen LogP contribution in [0, 0.1) is 6.92 Å². The van der Waals surface area contributed by atoms with Gasteiger partial charge in [0.1, 0.15) is 0 Å². The van der Waals surface area contributed by atoms with Gasteiger partial charge in [-0.15, -0.1) is 0 Å². The third-order valence-corrected chi connectivity index (χ3v) is 4.31. The maximum absolute atomic E-state index is 12.2. The maximum Gasteiger partial charge on any atom is 0.329 e. The predicted molar refractivity (Wildman–Crippen MR) is 92.6 cm³/mol. The number of carbonyl (C=O) groups is 1. The zero-order valence-corrected chi connectivity index (χ0v) is 13.9. The molecule has 0 amide bonds. The fourth-order valence-corrected chi connectivity index (χ4v) is 3.06. The number of rotatable bonds is 2. The topological polar surface area (TPSA) is 94.2 Å². The molecule has 25 heavy (non-hydrogen) atoms. The Balaban J connectivity index is 2.12. The molecule has 3 heterocycles. The number of nitrogens with one attached hydrogen (secondary N) is 1. The van der Waals surface area contributed by atoms with Crippen LogP contribution in [0.3, 0.4) is 0 Å².